The van der Waals surface area contributed by atoms with Crippen LogP contribution in [0.3, 0.4) is 0 Å². The first-order valence-electron chi connectivity index (χ1n) is 8.44. The third-order valence-corrected chi connectivity index (χ3v) is 5.64. The first-order valence-corrected chi connectivity index (χ1v) is 9.64. The lowest BCUT2D eigenvalue weighted by atomic mass is 9.95. The second kappa shape index (κ2) is 8.02. The molecule has 0 radical (unpaired) electrons. The van der Waals surface area contributed by atoms with Crippen LogP contribution in [0.2, 0.25) is 5.02 Å². The minimum absolute atomic E-state index is 0.147. The van der Waals surface area contributed by atoms with Gasteiger partial charge in [-0.15, -0.1) is 11.3 Å². The van der Waals surface area contributed by atoms with Gasteiger partial charge in [0.1, 0.15) is 5.00 Å². The summed E-state index contributed by atoms with van der Waals surface area (Å²) < 4.78 is 5.21. The molecule has 6 heteroatoms. The van der Waals surface area contributed by atoms with Crippen molar-refractivity contribution in [3.05, 3.63) is 50.9 Å². The Bertz CT molecular complexity index is 783. The summed E-state index contributed by atoms with van der Waals surface area (Å²) in [4.78, 5) is 26.0. The summed E-state index contributed by atoms with van der Waals surface area (Å²) >= 11 is 7.37. The maximum absolute atomic E-state index is 12.4. The molecule has 4 nitrogen and oxygen atoms in total. The zero-order valence-electron chi connectivity index (χ0n) is 14.1. The van der Waals surface area contributed by atoms with Gasteiger partial charge in [0.2, 0.25) is 5.91 Å². The quantitative estimate of drug-likeness (QED) is 0.772. The summed E-state index contributed by atoms with van der Waals surface area (Å²) in [7, 11) is 0. The maximum atomic E-state index is 12.4. The lowest BCUT2D eigenvalue weighted by Crippen LogP contribution is -2.17. The molecule has 1 aliphatic carbocycles. The van der Waals surface area contributed by atoms with E-state index in [0.717, 1.165) is 36.8 Å². The van der Waals surface area contributed by atoms with Crippen LogP contribution in [0.5, 0.6) is 0 Å². The standard InChI is InChI=1S/C19H20ClNO3S/c1-2-24-19(23)17-14-5-3-4-6-15(14)25-18(17)21-16(22)11-12-7-9-13(20)10-8-12/h7-10H,2-6,11H2,1H3,(H,21,22). The molecule has 0 aliphatic heterocycles. The number of anilines is 1. The number of hydrogen-bond donors (Lipinski definition) is 1. The fraction of sp³-hybridized carbons (Fsp3) is 0.368. The highest BCUT2D eigenvalue weighted by Crippen LogP contribution is 2.38. The molecule has 3 rings (SSSR count). The molecule has 0 unspecified atom stereocenters. The first-order chi connectivity index (χ1) is 12.1. The van der Waals surface area contributed by atoms with Crippen molar-refractivity contribution >= 4 is 39.8 Å². The third-order valence-electron chi connectivity index (χ3n) is 4.18. The first kappa shape index (κ1) is 18.0. The fourth-order valence-corrected chi connectivity index (χ4v) is 4.45. The molecular formula is C19H20ClNO3S. The summed E-state index contributed by atoms with van der Waals surface area (Å²) in [5, 5.41) is 4.17. The van der Waals surface area contributed by atoms with Gasteiger partial charge in [0.25, 0.3) is 0 Å². The van der Waals surface area contributed by atoms with Gasteiger partial charge in [-0.25, -0.2) is 4.79 Å². The van der Waals surface area contributed by atoms with E-state index in [-0.39, 0.29) is 18.3 Å². The molecule has 0 bridgehead atoms. The molecule has 25 heavy (non-hydrogen) atoms. The Morgan fingerprint density at radius 3 is 2.64 bits per heavy atom. The Hall–Kier alpha value is -1.85. The number of amides is 1. The van der Waals surface area contributed by atoms with Crippen molar-refractivity contribution in [2.75, 3.05) is 11.9 Å². The number of benzene rings is 1. The van der Waals surface area contributed by atoms with E-state index < -0.39 is 0 Å². The van der Waals surface area contributed by atoms with Gasteiger partial charge in [0.05, 0.1) is 18.6 Å². The normalized spacial score (nSPS) is 13.2. The van der Waals surface area contributed by atoms with Crippen LogP contribution >= 0.6 is 22.9 Å². The molecule has 1 heterocycles. The maximum Gasteiger partial charge on any atom is 0.341 e. The fourth-order valence-electron chi connectivity index (χ4n) is 3.03. The number of halogens is 1. The smallest absolute Gasteiger partial charge is 0.341 e. The number of esters is 1. The van der Waals surface area contributed by atoms with Crippen LogP contribution in [0.15, 0.2) is 24.3 Å². The van der Waals surface area contributed by atoms with Crippen LogP contribution in [0, 0.1) is 0 Å². The van der Waals surface area contributed by atoms with E-state index in [1.54, 1.807) is 19.1 Å². The van der Waals surface area contributed by atoms with E-state index in [1.165, 1.54) is 16.2 Å². The molecule has 1 aliphatic rings. The molecule has 1 N–H and O–H groups in total. The van der Waals surface area contributed by atoms with Crippen LogP contribution in [0.1, 0.15) is 46.1 Å². The summed E-state index contributed by atoms with van der Waals surface area (Å²) in [5.74, 6) is -0.491. The Labute approximate surface area is 156 Å². The molecule has 1 aromatic carbocycles. The number of rotatable bonds is 5. The number of fused-ring (bicyclic) bond motifs is 1. The highest BCUT2D eigenvalue weighted by Gasteiger charge is 2.27. The number of carbonyl (C=O) groups is 2. The van der Waals surface area contributed by atoms with Crippen LogP contribution in [-0.4, -0.2) is 18.5 Å². The van der Waals surface area contributed by atoms with Gasteiger partial charge in [-0.05, 0) is 55.9 Å². The molecule has 0 fully saturated rings. The number of carbonyl (C=O) groups excluding carboxylic acids is 2. The number of thiophene rings is 1. The molecule has 0 spiro atoms. The molecule has 2 aromatic rings. The third kappa shape index (κ3) is 4.22. The van der Waals surface area contributed by atoms with Crippen molar-refractivity contribution in [3.8, 4) is 0 Å². The molecule has 1 aromatic heterocycles. The van der Waals surface area contributed by atoms with Crippen LogP contribution < -0.4 is 5.32 Å². The van der Waals surface area contributed by atoms with E-state index in [9.17, 15) is 9.59 Å². The molecular weight excluding hydrogens is 358 g/mol. The predicted octanol–water partition coefficient (Wildman–Crippen LogP) is 4.64. The lowest BCUT2D eigenvalue weighted by molar-refractivity contribution is -0.115. The number of nitrogens with one attached hydrogen (secondary N) is 1. The molecule has 132 valence electrons. The van der Waals surface area contributed by atoms with Crippen molar-refractivity contribution in [3.63, 3.8) is 0 Å². The number of aryl methyl sites for hydroxylation is 1. The second-order valence-electron chi connectivity index (χ2n) is 5.99. The van der Waals surface area contributed by atoms with Crippen molar-refractivity contribution in [2.24, 2.45) is 0 Å². The molecule has 0 saturated heterocycles. The van der Waals surface area contributed by atoms with E-state index >= 15 is 0 Å². The van der Waals surface area contributed by atoms with E-state index in [4.69, 9.17) is 16.3 Å². The van der Waals surface area contributed by atoms with Crippen LogP contribution in [0.4, 0.5) is 5.00 Å². The van der Waals surface area contributed by atoms with Crippen molar-refractivity contribution in [1.29, 1.82) is 0 Å². The minimum atomic E-state index is -0.344. The Morgan fingerprint density at radius 1 is 1.20 bits per heavy atom. The highest BCUT2D eigenvalue weighted by atomic mass is 35.5. The summed E-state index contributed by atoms with van der Waals surface area (Å²) in [6.45, 7) is 2.11. The van der Waals surface area contributed by atoms with Gasteiger partial charge < -0.3 is 10.1 Å². The average Bonchev–Trinajstić information content (AvgIpc) is 2.95. The van der Waals surface area contributed by atoms with Crippen molar-refractivity contribution in [2.45, 2.75) is 39.0 Å². The molecule has 0 saturated carbocycles. The van der Waals surface area contributed by atoms with Gasteiger partial charge in [0, 0.05) is 9.90 Å². The van der Waals surface area contributed by atoms with Gasteiger partial charge in [-0.3, -0.25) is 4.79 Å². The van der Waals surface area contributed by atoms with Gasteiger partial charge in [-0.2, -0.15) is 0 Å². The van der Waals surface area contributed by atoms with E-state index in [1.807, 2.05) is 12.1 Å². The zero-order chi connectivity index (χ0) is 17.8. The lowest BCUT2D eigenvalue weighted by Gasteiger charge is -2.12. The van der Waals surface area contributed by atoms with Gasteiger partial charge >= 0.3 is 5.97 Å². The molecule has 1 amide bonds. The number of hydrogen-bond acceptors (Lipinski definition) is 4. The van der Waals surface area contributed by atoms with Crippen molar-refractivity contribution in [1.82, 2.24) is 0 Å². The zero-order valence-corrected chi connectivity index (χ0v) is 15.6. The monoisotopic (exact) mass is 377 g/mol. The van der Waals surface area contributed by atoms with Crippen molar-refractivity contribution < 1.29 is 14.3 Å². The van der Waals surface area contributed by atoms with Gasteiger partial charge in [0.15, 0.2) is 0 Å². The van der Waals surface area contributed by atoms with E-state index in [2.05, 4.69) is 5.32 Å². The van der Waals surface area contributed by atoms with Crippen LogP contribution in [0.25, 0.3) is 0 Å². The largest absolute Gasteiger partial charge is 0.462 e. The second-order valence-corrected chi connectivity index (χ2v) is 7.53. The molecule has 0 atom stereocenters. The Kier molecular flexibility index (Phi) is 5.76. The highest BCUT2D eigenvalue weighted by molar-refractivity contribution is 7.17. The minimum Gasteiger partial charge on any atom is -0.462 e. The van der Waals surface area contributed by atoms with E-state index in [0.29, 0.717) is 22.2 Å². The Balaban J connectivity index is 1.81. The van der Waals surface area contributed by atoms with Crippen LogP contribution in [-0.2, 0) is 28.8 Å². The topological polar surface area (TPSA) is 55.4 Å². The summed E-state index contributed by atoms with van der Waals surface area (Å²) in [5.41, 5.74) is 2.48. The SMILES string of the molecule is CCOC(=O)c1c(NC(=O)Cc2ccc(Cl)cc2)sc2c1CCCC2. The number of ether oxygens (including phenoxy) is 1. The average molecular weight is 378 g/mol. The predicted molar refractivity (Wildman–Crippen MR) is 101 cm³/mol. The summed E-state index contributed by atoms with van der Waals surface area (Å²) in [6.07, 6.45) is 4.25. The van der Waals surface area contributed by atoms with Gasteiger partial charge in [-0.1, -0.05) is 23.7 Å². The Morgan fingerprint density at radius 2 is 1.92 bits per heavy atom. The summed E-state index contributed by atoms with van der Waals surface area (Å²) in [6, 6.07) is 7.18.